The predicted octanol–water partition coefficient (Wildman–Crippen LogP) is 3.88. The molecule has 26 heavy (non-hydrogen) atoms. The Balaban J connectivity index is 1.66. The van der Waals surface area contributed by atoms with Crippen molar-refractivity contribution in [1.29, 1.82) is 0 Å². The minimum atomic E-state index is -0.189. The van der Waals surface area contributed by atoms with E-state index in [1.807, 2.05) is 11.8 Å². The summed E-state index contributed by atoms with van der Waals surface area (Å²) >= 11 is 0. The number of anilines is 1. The molecule has 0 bridgehead atoms. The Bertz CT molecular complexity index is 793. The monoisotopic (exact) mass is 352 g/mol. The van der Waals surface area contributed by atoms with Crippen LogP contribution in [0.1, 0.15) is 45.5 Å². The van der Waals surface area contributed by atoms with Gasteiger partial charge in [-0.05, 0) is 74.2 Å². The lowest BCUT2D eigenvalue weighted by molar-refractivity contribution is 0.0724. The van der Waals surface area contributed by atoms with Gasteiger partial charge in [0.15, 0.2) is 0 Å². The molecule has 1 N–H and O–H groups in total. The third kappa shape index (κ3) is 4.04. The molecule has 0 aliphatic carbocycles. The lowest BCUT2D eigenvalue weighted by atomic mass is 10.1. The molecule has 5 nitrogen and oxygen atoms in total. The van der Waals surface area contributed by atoms with Crippen molar-refractivity contribution in [2.45, 2.75) is 26.2 Å². The van der Waals surface area contributed by atoms with E-state index in [0.29, 0.717) is 16.8 Å². The first-order valence-corrected chi connectivity index (χ1v) is 8.94. The number of hydrogen-bond donors (Lipinski definition) is 1. The summed E-state index contributed by atoms with van der Waals surface area (Å²) in [4.78, 5) is 26.8. The molecule has 1 aliphatic heterocycles. The van der Waals surface area contributed by atoms with Crippen LogP contribution in [-0.4, -0.2) is 36.9 Å². The molecule has 2 amide bonds. The van der Waals surface area contributed by atoms with Crippen LogP contribution in [0.25, 0.3) is 0 Å². The van der Waals surface area contributed by atoms with Crippen LogP contribution < -0.4 is 10.1 Å². The molecule has 5 heteroatoms. The van der Waals surface area contributed by atoms with Gasteiger partial charge in [-0.15, -0.1) is 0 Å². The fourth-order valence-corrected chi connectivity index (χ4v) is 3.20. The Morgan fingerprint density at radius 2 is 1.62 bits per heavy atom. The summed E-state index contributed by atoms with van der Waals surface area (Å²) in [5, 5.41) is 2.86. The zero-order chi connectivity index (χ0) is 18.5. The van der Waals surface area contributed by atoms with Gasteiger partial charge in [0.1, 0.15) is 5.75 Å². The van der Waals surface area contributed by atoms with Crippen molar-refractivity contribution in [2.24, 2.45) is 0 Å². The third-order valence-electron chi connectivity index (χ3n) is 4.69. The van der Waals surface area contributed by atoms with Crippen molar-refractivity contribution >= 4 is 17.5 Å². The predicted molar refractivity (Wildman–Crippen MR) is 102 cm³/mol. The second kappa shape index (κ2) is 8.04. The topological polar surface area (TPSA) is 58.6 Å². The van der Waals surface area contributed by atoms with Crippen LogP contribution in [0.15, 0.2) is 42.5 Å². The zero-order valence-corrected chi connectivity index (χ0v) is 15.2. The van der Waals surface area contributed by atoms with Gasteiger partial charge in [0.2, 0.25) is 0 Å². The Morgan fingerprint density at radius 3 is 2.23 bits per heavy atom. The summed E-state index contributed by atoms with van der Waals surface area (Å²) < 4.78 is 5.22. The first kappa shape index (κ1) is 18.0. The maximum absolute atomic E-state index is 12.5. The molecule has 2 aromatic carbocycles. The van der Waals surface area contributed by atoms with Gasteiger partial charge >= 0.3 is 0 Å². The highest BCUT2D eigenvalue weighted by molar-refractivity contribution is 6.04. The molecule has 0 saturated carbocycles. The SMILES string of the molecule is COc1ccc(C(=O)Nc2ccc(C(=O)N3CCCCC3)cc2)cc1C. The smallest absolute Gasteiger partial charge is 0.255 e. The van der Waals surface area contributed by atoms with Crippen molar-refractivity contribution in [3.05, 3.63) is 59.2 Å². The highest BCUT2D eigenvalue weighted by Gasteiger charge is 2.18. The third-order valence-corrected chi connectivity index (χ3v) is 4.69. The summed E-state index contributed by atoms with van der Waals surface area (Å²) in [7, 11) is 1.61. The number of likely N-dealkylation sites (tertiary alicyclic amines) is 1. The molecular formula is C21H24N2O3. The second-order valence-electron chi connectivity index (χ2n) is 6.57. The minimum absolute atomic E-state index is 0.0633. The summed E-state index contributed by atoms with van der Waals surface area (Å²) in [6, 6.07) is 12.4. The van der Waals surface area contributed by atoms with E-state index < -0.39 is 0 Å². The summed E-state index contributed by atoms with van der Waals surface area (Å²) in [5.41, 5.74) is 2.79. The first-order valence-electron chi connectivity index (χ1n) is 8.94. The normalized spacial score (nSPS) is 14.0. The number of ether oxygens (including phenoxy) is 1. The standard InChI is InChI=1S/C21H24N2O3/c1-15-14-17(8-11-19(15)26-2)20(24)22-18-9-6-16(7-10-18)21(25)23-12-4-3-5-13-23/h6-11,14H,3-5,12-13H2,1-2H3,(H,22,24). The number of carbonyl (C=O) groups excluding carboxylic acids is 2. The number of carbonyl (C=O) groups is 2. The number of amides is 2. The maximum atomic E-state index is 12.5. The molecule has 136 valence electrons. The molecule has 3 rings (SSSR count). The average molecular weight is 352 g/mol. The van der Waals surface area contributed by atoms with Gasteiger partial charge < -0.3 is 15.0 Å². The molecule has 1 saturated heterocycles. The van der Waals surface area contributed by atoms with Gasteiger partial charge in [-0.2, -0.15) is 0 Å². The quantitative estimate of drug-likeness (QED) is 0.908. The van der Waals surface area contributed by atoms with E-state index in [9.17, 15) is 9.59 Å². The molecular weight excluding hydrogens is 328 g/mol. The Kier molecular flexibility index (Phi) is 5.56. The molecule has 2 aromatic rings. The largest absolute Gasteiger partial charge is 0.496 e. The molecule has 1 fully saturated rings. The van der Waals surface area contributed by atoms with Gasteiger partial charge in [0, 0.05) is 29.9 Å². The Morgan fingerprint density at radius 1 is 0.962 bits per heavy atom. The van der Waals surface area contributed by atoms with E-state index in [0.717, 1.165) is 37.2 Å². The summed E-state index contributed by atoms with van der Waals surface area (Å²) in [5.74, 6) is 0.626. The minimum Gasteiger partial charge on any atom is -0.496 e. The summed E-state index contributed by atoms with van der Waals surface area (Å²) in [6.07, 6.45) is 3.34. The van der Waals surface area contributed by atoms with Gasteiger partial charge in [-0.3, -0.25) is 9.59 Å². The van der Waals surface area contributed by atoms with Crippen LogP contribution in [0.3, 0.4) is 0 Å². The number of piperidine rings is 1. The van der Waals surface area contributed by atoms with Crippen LogP contribution in [-0.2, 0) is 0 Å². The Hall–Kier alpha value is -2.82. The number of rotatable bonds is 4. The lowest BCUT2D eigenvalue weighted by Crippen LogP contribution is -2.35. The van der Waals surface area contributed by atoms with Crippen molar-refractivity contribution in [1.82, 2.24) is 4.90 Å². The van der Waals surface area contributed by atoms with E-state index in [2.05, 4.69) is 5.32 Å². The van der Waals surface area contributed by atoms with Crippen LogP contribution in [0.2, 0.25) is 0 Å². The van der Waals surface area contributed by atoms with E-state index in [1.54, 1.807) is 49.6 Å². The van der Waals surface area contributed by atoms with Crippen molar-refractivity contribution < 1.29 is 14.3 Å². The number of nitrogens with zero attached hydrogens (tertiary/aromatic N) is 1. The van der Waals surface area contributed by atoms with Crippen molar-refractivity contribution in [3.63, 3.8) is 0 Å². The summed E-state index contributed by atoms with van der Waals surface area (Å²) in [6.45, 7) is 3.55. The molecule has 0 atom stereocenters. The zero-order valence-electron chi connectivity index (χ0n) is 15.2. The van der Waals surface area contributed by atoms with E-state index in [-0.39, 0.29) is 11.8 Å². The number of methoxy groups -OCH3 is 1. The van der Waals surface area contributed by atoms with Crippen LogP contribution in [0.5, 0.6) is 5.75 Å². The van der Waals surface area contributed by atoms with E-state index in [4.69, 9.17) is 4.74 Å². The highest BCUT2D eigenvalue weighted by Crippen LogP contribution is 2.20. The van der Waals surface area contributed by atoms with Gasteiger partial charge in [-0.1, -0.05) is 0 Å². The molecule has 0 radical (unpaired) electrons. The molecule has 0 aromatic heterocycles. The van der Waals surface area contributed by atoms with Crippen LogP contribution in [0.4, 0.5) is 5.69 Å². The van der Waals surface area contributed by atoms with Crippen LogP contribution >= 0.6 is 0 Å². The van der Waals surface area contributed by atoms with Gasteiger partial charge in [0.25, 0.3) is 11.8 Å². The van der Waals surface area contributed by atoms with E-state index in [1.165, 1.54) is 6.42 Å². The molecule has 1 heterocycles. The van der Waals surface area contributed by atoms with Crippen molar-refractivity contribution in [2.75, 3.05) is 25.5 Å². The van der Waals surface area contributed by atoms with E-state index >= 15 is 0 Å². The van der Waals surface area contributed by atoms with Crippen LogP contribution in [0, 0.1) is 6.92 Å². The first-order chi connectivity index (χ1) is 12.6. The van der Waals surface area contributed by atoms with Gasteiger partial charge in [-0.25, -0.2) is 0 Å². The lowest BCUT2D eigenvalue weighted by Gasteiger charge is -2.26. The fourth-order valence-electron chi connectivity index (χ4n) is 3.20. The Labute approximate surface area is 154 Å². The van der Waals surface area contributed by atoms with Crippen molar-refractivity contribution in [3.8, 4) is 5.75 Å². The average Bonchev–Trinajstić information content (AvgIpc) is 2.68. The second-order valence-corrected chi connectivity index (χ2v) is 6.57. The molecule has 1 aliphatic rings. The number of hydrogen-bond acceptors (Lipinski definition) is 3. The molecule has 0 spiro atoms. The number of benzene rings is 2. The highest BCUT2D eigenvalue weighted by atomic mass is 16.5. The maximum Gasteiger partial charge on any atom is 0.255 e. The fraction of sp³-hybridized carbons (Fsp3) is 0.333. The number of aryl methyl sites for hydroxylation is 1. The number of nitrogens with one attached hydrogen (secondary N) is 1. The van der Waals surface area contributed by atoms with Gasteiger partial charge in [0.05, 0.1) is 7.11 Å². The molecule has 0 unspecified atom stereocenters.